The van der Waals surface area contributed by atoms with Crippen LogP contribution in [-0.4, -0.2) is 17.9 Å². The van der Waals surface area contributed by atoms with E-state index in [4.69, 9.17) is 23.2 Å². The molecule has 0 radical (unpaired) electrons. The molecule has 0 saturated heterocycles. The fourth-order valence-electron chi connectivity index (χ4n) is 1.70. The van der Waals surface area contributed by atoms with E-state index >= 15 is 0 Å². The standard InChI is InChI=1S/C16H13BrCl2N2OS/c17-13-5-2-1-4-11(13)9-23-10-16(22)21-20-8-12-14(18)6-3-7-15(12)19/h1-8H,9-10H2,(H,21,22). The molecule has 1 N–H and O–H groups in total. The number of hydrogen-bond acceptors (Lipinski definition) is 3. The minimum Gasteiger partial charge on any atom is -0.272 e. The fraction of sp³-hybridized carbons (Fsp3) is 0.125. The summed E-state index contributed by atoms with van der Waals surface area (Å²) in [6, 6.07) is 13.1. The predicted octanol–water partition coefficient (Wildman–Crippen LogP) is 5.14. The van der Waals surface area contributed by atoms with Gasteiger partial charge >= 0.3 is 0 Å². The zero-order chi connectivity index (χ0) is 16.7. The van der Waals surface area contributed by atoms with Gasteiger partial charge in [-0.3, -0.25) is 4.79 Å². The molecule has 0 aliphatic carbocycles. The quantitative estimate of drug-likeness (QED) is 0.508. The van der Waals surface area contributed by atoms with E-state index in [0.29, 0.717) is 21.4 Å². The molecule has 0 saturated carbocycles. The molecule has 0 aliphatic heterocycles. The molecular weight excluding hydrogens is 419 g/mol. The normalized spacial score (nSPS) is 10.9. The smallest absolute Gasteiger partial charge is 0.250 e. The van der Waals surface area contributed by atoms with Crippen LogP contribution in [0.4, 0.5) is 0 Å². The molecule has 0 bridgehead atoms. The number of carbonyl (C=O) groups excluding carboxylic acids is 1. The first-order chi connectivity index (χ1) is 11.1. The van der Waals surface area contributed by atoms with Gasteiger partial charge in [0, 0.05) is 15.8 Å². The summed E-state index contributed by atoms with van der Waals surface area (Å²) < 4.78 is 1.04. The first-order valence-corrected chi connectivity index (χ1v) is 9.35. The molecule has 2 rings (SSSR count). The highest BCUT2D eigenvalue weighted by molar-refractivity contribution is 9.10. The molecule has 0 fully saturated rings. The van der Waals surface area contributed by atoms with Crippen molar-refractivity contribution in [2.45, 2.75) is 5.75 Å². The van der Waals surface area contributed by atoms with Crippen molar-refractivity contribution in [1.29, 1.82) is 0 Å². The summed E-state index contributed by atoms with van der Waals surface area (Å²) in [5.74, 6) is 0.880. The lowest BCUT2D eigenvalue weighted by molar-refractivity contribution is -0.118. The molecule has 0 atom stereocenters. The summed E-state index contributed by atoms with van der Waals surface area (Å²) >= 11 is 17.0. The van der Waals surface area contributed by atoms with Gasteiger partial charge in [-0.15, -0.1) is 11.8 Å². The minimum atomic E-state index is -0.179. The third kappa shape index (κ3) is 5.84. The van der Waals surface area contributed by atoms with Gasteiger partial charge in [-0.1, -0.05) is 63.4 Å². The summed E-state index contributed by atoms with van der Waals surface area (Å²) in [6.07, 6.45) is 1.45. The Kier molecular flexibility index (Phi) is 7.43. The van der Waals surface area contributed by atoms with Gasteiger partial charge in [-0.05, 0) is 23.8 Å². The third-order valence-electron chi connectivity index (χ3n) is 2.83. The Labute approximate surface area is 157 Å². The van der Waals surface area contributed by atoms with Crippen LogP contribution < -0.4 is 5.43 Å². The maximum Gasteiger partial charge on any atom is 0.250 e. The molecule has 0 heterocycles. The number of rotatable bonds is 6. The number of benzene rings is 2. The molecule has 0 unspecified atom stereocenters. The molecule has 1 amide bonds. The Hall–Kier alpha value is -1.01. The summed E-state index contributed by atoms with van der Waals surface area (Å²) in [5.41, 5.74) is 4.20. The Morgan fingerprint density at radius 2 is 1.87 bits per heavy atom. The van der Waals surface area contributed by atoms with Crippen molar-refractivity contribution in [2.75, 3.05) is 5.75 Å². The lowest BCUT2D eigenvalue weighted by Gasteiger charge is -2.04. The SMILES string of the molecule is O=C(CSCc1ccccc1Br)NN=Cc1c(Cl)cccc1Cl. The van der Waals surface area contributed by atoms with E-state index in [-0.39, 0.29) is 5.91 Å². The van der Waals surface area contributed by atoms with E-state index in [1.54, 1.807) is 18.2 Å². The average Bonchev–Trinajstić information content (AvgIpc) is 2.52. The number of nitrogens with zero attached hydrogens (tertiary/aromatic N) is 1. The van der Waals surface area contributed by atoms with Crippen LogP contribution in [-0.2, 0) is 10.5 Å². The monoisotopic (exact) mass is 430 g/mol. The van der Waals surface area contributed by atoms with E-state index in [2.05, 4.69) is 26.5 Å². The second kappa shape index (κ2) is 9.33. The average molecular weight is 432 g/mol. The van der Waals surface area contributed by atoms with Crippen LogP contribution in [0.2, 0.25) is 10.0 Å². The minimum absolute atomic E-state index is 0.179. The number of amides is 1. The van der Waals surface area contributed by atoms with Crippen molar-refractivity contribution >= 4 is 63.0 Å². The van der Waals surface area contributed by atoms with Gasteiger partial charge in [-0.2, -0.15) is 5.10 Å². The van der Waals surface area contributed by atoms with Crippen LogP contribution in [0.15, 0.2) is 52.0 Å². The largest absolute Gasteiger partial charge is 0.272 e. The van der Waals surface area contributed by atoms with Crippen molar-refractivity contribution in [1.82, 2.24) is 5.43 Å². The van der Waals surface area contributed by atoms with Gasteiger partial charge in [0.1, 0.15) is 0 Å². The Bertz CT molecular complexity index is 705. The number of carbonyl (C=O) groups is 1. The lowest BCUT2D eigenvalue weighted by atomic mass is 10.2. The van der Waals surface area contributed by atoms with Crippen LogP contribution >= 0.6 is 50.9 Å². The number of hydrogen-bond donors (Lipinski definition) is 1. The number of halogens is 3. The fourth-order valence-corrected chi connectivity index (χ4v) is 3.63. The zero-order valence-corrected chi connectivity index (χ0v) is 15.8. The second-order valence-electron chi connectivity index (χ2n) is 4.51. The first-order valence-electron chi connectivity index (χ1n) is 6.65. The molecule has 120 valence electrons. The van der Waals surface area contributed by atoms with E-state index < -0.39 is 0 Å². The van der Waals surface area contributed by atoms with Crippen molar-refractivity contribution in [3.05, 3.63) is 68.1 Å². The topological polar surface area (TPSA) is 41.5 Å². The maximum absolute atomic E-state index is 11.8. The molecule has 0 aliphatic rings. The van der Waals surface area contributed by atoms with Gasteiger partial charge in [0.15, 0.2) is 0 Å². The Balaban J connectivity index is 1.79. The molecule has 2 aromatic rings. The highest BCUT2D eigenvalue weighted by Gasteiger charge is 2.04. The van der Waals surface area contributed by atoms with Gasteiger partial charge in [0.2, 0.25) is 5.91 Å². The highest BCUT2D eigenvalue weighted by atomic mass is 79.9. The molecule has 23 heavy (non-hydrogen) atoms. The van der Waals surface area contributed by atoms with Crippen LogP contribution in [0.5, 0.6) is 0 Å². The Morgan fingerprint density at radius 3 is 2.57 bits per heavy atom. The van der Waals surface area contributed by atoms with Crippen molar-refractivity contribution < 1.29 is 4.79 Å². The van der Waals surface area contributed by atoms with Crippen LogP contribution in [0.1, 0.15) is 11.1 Å². The maximum atomic E-state index is 11.8. The molecular formula is C16H13BrCl2N2OS. The first kappa shape index (κ1) is 18.3. The molecule has 2 aromatic carbocycles. The molecule has 3 nitrogen and oxygen atoms in total. The van der Waals surface area contributed by atoms with Crippen LogP contribution in [0, 0.1) is 0 Å². The molecule has 0 spiro atoms. The zero-order valence-electron chi connectivity index (χ0n) is 11.9. The van der Waals surface area contributed by atoms with Gasteiger partial charge < -0.3 is 0 Å². The van der Waals surface area contributed by atoms with E-state index in [9.17, 15) is 4.79 Å². The number of thioether (sulfide) groups is 1. The molecule has 0 aromatic heterocycles. The second-order valence-corrected chi connectivity index (χ2v) is 7.17. The van der Waals surface area contributed by atoms with E-state index in [1.807, 2.05) is 24.3 Å². The predicted molar refractivity (Wildman–Crippen MR) is 103 cm³/mol. The third-order valence-corrected chi connectivity index (χ3v) is 5.25. The van der Waals surface area contributed by atoms with Gasteiger partial charge in [-0.25, -0.2) is 5.43 Å². The summed E-state index contributed by atoms with van der Waals surface area (Å²) in [6.45, 7) is 0. The van der Waals surface area contributed by atoms with Crippen molar-refractivity contribution in [3.8, 4) is 0 Å². The van der Waals surface area contributed by atoms with Gasteiger partial charge in [0.05, 0.1) is 22.0 Å². The highest BCUT2D eigenvalue weighted by Crippen LogP contribution is 2.22. The summed E-state index contributed by atoms with van der Waals surface area (Å²) in [5, 5.41) is 4.86. The van der Waals surface area contributed by atoms with E-state index in [1.165, 1.54) is 18.0 Å². The lowest BCUT2D eigenvalue weighted by Crippen LogP contribution is -2.19. The van der Waals surface area contributed by atoms with Crippen molar-refractivity contribution in [2.24, 2.45) is 5.10 Å². The number of hydrazone groups is 1. The summed E-state index contributed by atoms with van der Waals surface area (Å²) in [4.78, 5) is 11.8. The van der Waals surface area contributed by atoms with Crippen molar-refractivity contribution in [3.63, 3.8) is 0 Å². The van der Waals surface area contributed by atoms with Gasteiger partial charge in [0.25, 0.3) is 0 Å². The van der Waals surface area contributed by atoms with E-state index in [0.717, 1.165) is 15.8 Å². The Morgan fingerprint density at radius 1 is 1.17 bits per heavy atom. The molecule has 7 heteroatoms. The summed E-state index contributed by atoms with van der Waals surface area (Å²) in [7, 11) is 0. The van der Waals surface area contributed by atoms with Crippen LogP contribution in [0.3, 0.4) is 0 Å². The van der Waals surface area contributed by atoms with Crippen LogP contribution in [0.25, 0.3) is 0 Å². The number of nitrogens with one attached hydrogen (secondary N) is 1.